The molecule has 1 amide bonds. The number of pyridine rings is 1. The van der Waals surface area contributed by atoms with E-state index in [1.54, 1.807) is 0 Å². The Morgan fingerprint density at radius 1 is 0.871 bits per heavy atom. The number of benzene rings is 2. The Morgan fingerprint density at radius 2 is 1.52 bits per heavy atom. The molecule has 0 radical (unpaired) electrons. The highest BCUT2D eigenvalue weighted by Crippen LogP contribution is 2.24. The minimum Gasteiger partial charge on any atom is -0.484 e. The smallest absolute Gasteiger partial charge is 0.260 e. The van der Waals surface area contributed by atoms with E-state index in [-0.39, 0.29) is 12.5 Å². The van der Waals surface area contributed by atoms with Crippen LogP contribution in [0, 0.1) is 6.92 Å². The summed E-state index contributed by atoms with van der Waals surface area (Å²) >= 11 is 0. The first-order chi connectivity index (χ1) is 15.2. The van der Waals surface area contributed by atoms with Crippen LogP contribution < -0.4 is 9.47 Å². The molecule has 6 nitrogen and oxygen atoms in total. The maximum atomic E-state index is 12.5. The molecule has 0 aliphatic carbocycles. The van der Waals surface area contributed by atoms with E-state index in [1.807, 2.05) is 84.8 Å². The molecule has 1 aliphatic rings. The zero-order chi connectivity index (χ0) is 21.5. The molecule has 1 aromatic heterocycles. The van der Waals surface area contributed by atoms with Gasteiger partial charge in [0.15, 0.2) is 6.61 Å². The summed E-state index contributed by atoms with van der Waals surface area (Å²) in [6.45, 7) is 5.99. The average Bonchev–Trinajstić information content (AvgIpc) is 2.81. The van der Waals surface area contributed by atoms with Crippen LogP contribution in [0.15, 0.2) is 72.9 Å². The molecule has 4 rings (SSSR count). The summed E-state index contributed by atoms with van der Waals surface area (Å²) in [5.74, 6) is 2.18. The molecule has 1 aliphatic heterocycles. The zero-order valence-electron chi connectivity index (χ0n) is 17.7. The van der Waals surface area contributed by atoms with Gasteiger partial charge in [0.1, 0.15) is 17.2 Å². The molecule has 0 spiro atoms. The molecule has 3 aromatic rings. The van der Waals surface area contributed by atoms with Crippen LogP contribution in [-0.2, 0) is 11.3 Å². The van der Waals surface area contributed by atoms with Gasteiger partial charge in [-0.3, -0.25) is 14.7 Å². The molecule has 0 N–H and O–H groups in total. The number of nitrogens with zero attached hydrogens (tertiary/aromatic N) is 3. The molecule has 6 heteroatoms. The van der Waals surface area contributed by atoms with E-state index in [1.165, 1.54) is 5.56 Å². The fraction of sp³-hybridized carbons (Fsp3) is 0.280. The highest BCUT2D eigenvalue weighted by atomic mass is 16.5. The van der Waals surface area contributed by atoms with Gasteiger partial charge in [-0.1, -0.05) is 23.8 Å². The van der Waals surface area contributed by atoms with Crippen LogP contribution in [-0.4, -0.2) is 53.5 Å². The van der Waals surface area contributed by atoms with Crippen LogP contribution in [0.2, 0.25) is 0 Å². The van der Waals surface area contributed by atoms with Crippen LogP contribution >= 0.6 is 0 Å². The first-order valence-corrected chi connectivity index (χ1v) is 10.5. The predicted octanol–water partition coefficient (Wildman–Crippen LogP) is 3.91. The van der Waals surface area contributed by atoms with Crippen LogP contribution in [0.4, 0.5) is 0 Å². The number of hydrogen-bond acceptors (Lipinski definition) is 5. The maximum absolute atomic E-state index is 12.5. The second kappa shape index (κ2) is 10.1. The van der Waals surface area contributed by atoms with E-state index in [0.717, 1.165) is 36.8 Å². The van der Waals surface area contributed by atoms with E-state index >= 15 is 0 Å². The highest BCUT2D eigenvalue weighted by Gasteiger charge is 2.21. The van der Waals surface area contributed by atoms with Crippen LogP contribution in [0.5, 0.6) is 17.2 Å². The number of hydrogen-bond donors (Lipinski definition) is 0. The molecular formula is C25H27N3O3. The number of rotatable bonds is 7. The van der Waals surface area contributed by atoms with Crippen molar-refractivity contribution < 1.29 is 14.3 Å². The molecular weight excluding hydrogens is 390 g/mol. The normalized spacial score (nSPS) is 14.3. The van der Waals surface area contributed by atoms with Crippen molar-refractivity contribution in [2.45, 2.75) is 13.5 Å². The average molecular weight is 418 g/mol. The van der Waals surface area contributed by atoms with Crippen LogP contribution in [0.1, 0.15) is 11.3 Å². The Hall–Kier alpha value is -3.38. The number of carbonyl (C=O) groups is 1. The van der Waals surface area contributed by atoms with Gasteiger partial charge in [0.2, 0.25) is 0 Å². The number of ether oxygens (including phenoxy) is 2. The third kappa shape index (κ3) is 6.06. The molecule has 0 atom stereocenters. The first kappa shape index (κ1) is 20.9. The number of piperazine rings is 1. The molecule has 2 heterocycles. The fourth-order valence-electron chi connectivity index (χ4n) is 3.46. The Balaban J connectivity index is 1.20. The quantitative estimate of drug-likeness (QED) is 0.584. The van der Waals surface area contributed by atoms with Gasteiger partial charge in [-0.15, -0.1) is 0 Å². The van der Waals surface area contributed by atoms with Gasteiger partial charge in [0.25, 0.3) is 5.91 Å². The monoisotopic (exact) mass is 417 g/mol. The van der Waals surface area contributed by atoms with Crippen molar-refractivity contribution in [2.24, 2.45) is 0 Å². The number of amides is 1. The van der Waals surface area contributed by atoms with Crippen molar-refractivity contribution in [1.82, 2.24) is 14.8 Å². The number of aromatic nitrogens is 1. The molecule has 160 valence electrons. The molecule has 1 saturated heterocycles. The van der Waals surface area contributed by atoms with E-state index < -0.39 is 0 Å². The largest absolute Gasteiger partial charge is 0.484 e. The first-order valence-electron chi connectivity index (χ1n) is 10.5. The van der Waals surface area contributed by atoms with Crippen molar-refractivity contribution in [1.29, 1.82) is 0 Å². The molecule has 1 fully saturated rings. The van der Waals surface area contributed by atoms with Gasteiger partial charge < -0.3 is 14.4 Å². The van der Waals surface area contributed by atoms with Crippen molar-refractivity contribution in [3.05, 3.63) is 84.2 Å². The number of aryl methyl sites for hydroxylation is 1. The maximum Gasteiger partial charge on any atom is 0.260 e. The summed E-state index contributed by atoms with van der Waals surface area (Å²) in [6, 6.07) is 21.2. The molecule has 2 aromatic carbocycles. The lowest BCUT2D eigenvalue weighted by Gasteiger charge is -2.34. The SMILES string of the molecule is Cc1ccc(Oc2ccc(OCC(=O)N3CCN(Cc4ccccn4)CC3)cc2)cc1. The van der Waals surface area contributed by atoms with Crippen LogP contribution in [0.3, 0.4) is 0 Å². The third-order valence-corrected chi connectivity index (χ3v) is 5.28. The Morgan fingerprint density at radius 3 is 2.16 bits per heavy atom. The fourth-order valence-corrected chi connectivity index (χ4v) is 3.46. The summed E-state index contributed by atoms with van der Waals surface area (Å²) in [5.41, 5.74) is 2.25. The lowest BCUT2D eigenvalue weighted by molar-refractivity contribution is -0.135. The highest BCUT2D eigenvalue weighted by molar-refractivity contribution is 5.77. The summed E-state index contributed by atoms with van der Waals surface area (Å²) in [5, 5.41) is 0. The van der Waals surface area contributed by atoms with Gasteiger partial charge in [0.05, 0.1) is 5.69 Å². The lowest BCUT2D eigenvalue weighted by Crippen LogP contribution is -2.49. The standard InChI is InChI=1S/C25H27N3O3/c1-20-5-7-23(8-6-20)31-24-11-9-22(10-12-24)30-19-25(29)28-16-14-27(15-17-28)18-21-4-2-3-13-26-21/h2-13H,14-19H2,1H3. The topological polar surface area (TPSA) is 54.9 Å². The second-order valence-electron chi connectivity index (χ2n) is 7.65. The Kier molecular flexibility index (Phi) is 6.79. The zero-order valence-corrected chi connectivity index (χ0v) is 17.7. The van der Waals surface area contributed by atoms with Crippen molar-refractivity contribution in [2.75, 3.05) is 32.8 Å². The van der Waals surface area contributed by atoms with Gasteiger partial charge in [0, 0.05) is 38.9 Å². The van der Waals surface area contributed by atoms with E-state index in [9.17, 15) is 4.79 Å². The minimum absolute atomic E-state index is 0.0115. The van der Waals surface area contributed by atoms with Gasteiger partial charge in [-0.2, -0.15) is 0 Å². The molecule has 0 unspecified atom stereocenters. The van der Waals surface area contributed by atoms with Crippen molar-refractivity contribution >= 4 is 5.91 Å². The van der Waals surface area contributed by atoms with Crippen molar-refractivity contribution in [3.63, 3.8) is 0 Å². The summed E-state index contributed by atoms with van der Waals surface area (Å²) in [4.78, 5) is 21.1. The van der Waals surface area contributed by atoms with E-state index in [4.69, 9.17) is 9.47 Å². The van der Waals surface area contributed by atoms with Crippen LogP contribution in [0.25, 0.3) is 0 Å². The second-order valence-corrected chi connectivity index (χ2v) is 7.65. The summed E-state index contributed by atoms with van der Waals surface area (Å²) in [7, 11) is 0. The Labute approximate surface area is 183 Å². The van der Waals surface area contributed by atoms with Crippen molar-refractivity contribution in [3.8, 4) is 17.2 Å². The molecule has 0 saturated carbocycles. The van der Waals surface area contributed by atoms with Gasteiger partial charge in [-0.25, -0.2) is 0 Å². The van der Waals surface area contributed by atoms with Gasteiger partial charge >= 0.3 is 0 Å². The summed E-state index contributed by atoms with van der Waals surface area (Å²) < 4.78 is 11.5. The number of carbonyl (C=O) groups excluding carboxylic acids is 1. The lowest BCUT2D eigenvalue weighted by atomic mass is 10.2. The Bertz CT molecular complexity index is 967. The molecule has 0 bridgehead atoms. The van der Waals surface area contributed by atoms with E-state index in [0.29, 0.717) is 18.8 Å². The third-order valence-electron chi connectivity index (χ3n) is 5.28. The summed E-state index contributed by atoms with van der Waals surface area (Å²) in [6.07, 6.45) is 1.81. The minimum atomic E-state index is 0.0115. The van der Waals surface area contributed by atoms with Gasteiger partial charge in [-0.05, 0) is 55.5 Å². The van der Waals surface area contributed by atoms with E-state index in [2.05, 4.69) is 9.88 Å². The predicted molar refractivity (Wildman–Crippen MR) is 119 cm³/mol. The molecule has 31 heavy (non-hydrogen) atoms.